The predicted molar refractivity (Wildman–Crippen MR) is 99.5 cm³/mol. The summed E-state index contributed by atoms with van der Waals surface area (Å²) in [5.74, 6) is -47.8. The molecule has 6 nitrogen and oxygen atoms in total. The van der Waals surface area contributed by atoms with Gasteiger partial charge in [-0.1, -0.05) is 0 Å². The van der Waals surface area contributed by atoms with Crippen LogP contribution in [0.15, 0.2) is 0 Å². The van der Waals surface area contributed by atoms with E-state index in [1.54, 1.807) is 0 Å². The fourth-order valence-electron chi connectivity index (χ4n) is 2.59. The Morgan fingerprint density at radius 3 is 0.810 bits per heavy atom. The molecule has 0 spiro atoms. The van der Waals surface area contributed by atoms with Gasteiger partial charge in [-0.15, -0.1) is 4.48 Å². The Morgan fingerprint density at radius 2 is 0.586 bits per heavy atom. The summed E-state index contributed by atoms with van der Waals surface area (Å²) in [7, 11) is -22.5. The maximum atomic E-state index is 14.9. The lowest BCUT2D eigenvalue weighted by molar-refractivity contribution is -0.439. The minimum Gasteiger partial charge on any atom is -0.302 e. The first-order chi connectivity index (χ1) is 24.3. The summed E-state index contributed by atoms with van der Waals surface area (Å²) >= 11 is 0. The molecule has 0 aliphatic heterocycles. The monoisotopic (exact) mass is 999 g/mol. The van der Waals surface area contributed by atoms with Crippen molar-refractivity contribution in [1.82, 2.24) is 4.53 Å². The van der Waals surface area contributed by atoms with Crippen LogP contribution in [-0.2, 0) is 23.3 Å². The average molecular weight is 999 g/mol. The van der Waals surface area contributed by atoms with Crippen molar-refractivity contribution >= 4 is 18.8 Å². The average Bonchev–Trinajstić information content (AvgIpc) is 2.92. The summed E-state index contributed by atoms with van der Waals surface area (Å²) < 4.78 is 487. The first-order valence-electron chi connectivity index (χ1n) is 11.5. The highest BCUT2D eigenvalue weighted by Gasteiger charge is 2.96. The molecule has 58 heavy (non-hydrogen) atoms. The largest absolute Gasteiger partial charge is 0.595 e. The number of rotatable bonds is 16. The third kappa shape index (κ3) is 8.05. The van der Waals surface area contributed by atoms with Gasteiger partial charge in [-0.3, -0.25) is 0 Å². The highest BCUT2D eigenvalue weighted by Crippen LogP contribution is 2.63. The van der Waals surface area contributed by atoms with Crippen LogP contribution in [0.3, 0.4) is 0 Å². The van der Waals surface area contributed by atoms with Crippen molar-refractivity contribution in [3.05, 3.63) is 0 Å². The zero-order chi connectivity index (χ0) is 48.2. The van der Waals surface area contributed by atoms with E-state index in [0.29, 0.717) is 0 Å². The Balaban J connectivity index is 8.47. The molecule has 0 unspecified atom stereocenters. The lowest BCUT2D eigenvalue weighted by atomic mass is 9.98. The van der Waals surface area contributed by atoms with E-state index in [4.69, 9.17) is 0 Å². The molecule has 0 rings (SSSR count). The SMILES string of the molecule is O=S(=O)(N(F)C(F)(F)C(F)(F)C(F)(F)[Si](OC(F)(F)C(F)(F)F)(OC(F)(F)C(F)(F)F)OC(F)(F)C(F)(F)F)C(F)(F)C(F)(F)C(F)(F)C(F)(F)C(F)(F)C(F)(F)F. The summed E-state index contributed by atoms with van der Waals surface area (Å²) in [6, 6.07) is -9.87. The highest BCUT2D eigenvalue weighted by molar-refractivity contribution is 7.90. The third-order valence-corrected chi connectivity index (χ3v) is 9.81. The van der Waals surface area contributed by atoms with Gasteiger partial charge in [-0.2, -0.15) is 149 Å². The van der Waals surface area contributed by atoms with Gasteiger partial charge in [-0.25, -0.2) is 8.42 Å². The summed E-state index contributed by atoms with van der Waals surface area (Å²) in [6.45, 7) is 0. The molecular formula is C15F35NO5SSi. The van der Waals surface area contributed by atoms with Gasteiger partial charge in [0.15, 0.2) is 0 Å². The summed E-state index contributed by atoms with van der Waals surface area (Å²) in [5, 5.41) is -9.69. The van der Waals surface area contributed by atoms with Crippen LogP contribution in [0.1, 0.15) is 0 Å². The van der Waals surface area contributed by atoms with Crippen molar-refractivity contribution in [2.75, 3.05) is 0 Å². The number of alkyl halides is 34. The van der Waals surface area contributed by atoms with E-state index in [1.165, 1.54) is 0 Å². The molecule has 0 N–H and O–H groups in total. The van der Waals surface area contributed by atoms with Crippen molar-refractivity contribution in [3.63, 3.8) is 0 Å². The highest BCUT2D eigenvalue weighted by atomic mass is 32.2. The maximum Gasteiger partial charge on any atom is 0.595 e. The third-order valence-electron chi connectivity index (χ3n) is 5.59. The minimum atomic E-state index is -11.9. The quantitative estimate of drug-likeness (QED) is 0.0668. The standard InChI is InChI=1S/C15F35NO5SSi/c16-1(17,3(20,21)6(26,27)28)2(18,19)4(22,23)14(46,47)57(52,53)51(50)10(38,39)5(24,25)15(48,49)58(54-11(40,41)7(29,30)31,55-12(42,43)8(32,33)34)56-13(44,45)9(35,36)37. The molecule has 0 atom stereocenters. The van der Waals surface area contributed by atoms with Gasteiger partial charge in [0, 0.05) is 4.53 Å². The van der Waals surface area contributed by atoms with Crippen LogP contribution in [0, 0.1) is 0 Å². The van der Waals surface area contributed by atoms with E-state index >= 15 is 0 Å². The van der Waals surface area contributed by atoms with E-state index < -0.39 is 113 Å². The van der Waals surface area contributed by atoms with Crippen LogP contribution in [0.4, 0.5) is 154 Å². The van der Waals surface area contributed by atoms with Gasteiger partial charge >= 0.3 is 108 Å². The molecule has 0 heterocycles. The number of halogens is 35. The summed E-state index contributed by atoms with van der Waals surface area (Å²) in [4.78, 5) is 0. The van der Waals surface area contributed by atoms with E-state index in [1.807, 2.05) is 0 Å². The lowest BCUT2D eigenvalue weighted by Gasteiger charge is -2.44. The Bertz CT molecular complexity index is 1520. The van der Waals surface area contributed by atoms with E-state index in [9.17, 15) is 162 Å². The Hall–Kier alpha value is -2.44. The van der Waals surface area contributed by atoms with Crippen LogP contribution in [0.2, 0.25) is 0 Å². The van der Waals surface area contributed by atoms with E-state index in [-0.39, 0.29) is 0 Å². The fourth-order valence-corrected chi connectivity index (χ4v) is 6.07. The first-order valence-corrected chi connectivity index (χ1v) is 14.7. The minimum absolute atomic E-state index is 1.04. The van der Waals surface area contributed by atoms with E-state index in [2.05, 4.69) is 0 Å². The molecule has 0 saturated carbocycles. The molecule has 0 aliphatic carbocycles. The predicted octanol–water partition coefficient (Wildman–Crippen LogP) is 10.1. The summed E-state index contributed by atoms with van der Waals surface area (Å²) in [6.07, 6.45) is -60.0. The zero-order valence-electron chi connectivity index (χ0n) is 24.1. The lowest BCUT2D eigenvalue weighted by Crippen LogP contribution is -2.79. The second kappa shape index (κ2) is 14.0. The van der Waals surface area contributed by atoms with Gasteiger partial charge in [0.05, 0.1) is 0 Å². The molecular weight excluding hydrogens is 999 g/mol. The molecule has 0 aromatic heterocycles. The smallest absolute Gasteiger partial charge is 0.302 e. The van der Waals surface area contributed by atoms with Crippen molar-refractivity contribution in [3.8, 4) is 0 Å². The van der Waals surface area contributed by atoms with Gasteiger partial charge in [-0.05, 0) is 0 Å². The molecule has 0 amide bonds. The van der Waals surface area contributed by atoms with Crippen LogP contribution in [0.25, 0.3) is 0 Å². The van der Waals surface area contributed by atoms with E-state index in [0.717, 1.165) is 13.3 Å². The number of hydrogen-bond donors (Lipinski definition) is 0. The van der Waals surface area contributed by atoms with Crippen molar-refractivity contribution in [2.45, 2.75) is 89.5 Å². The zero-order valence-corrected chi connectivity index (χ0v) is 25.9. The second-order valence-electron chi connectivity index (χ2n) is 9.63. The van der Waals surface area contributed by atoms with Gasteiger partial charge in [0.1, 0.15) is 0 Å². The molecule has 0 aromatic rings. The normalized spacial score (nSPS) is 17.0. The Kier molecular flexibility index (Phi) is 13.5. The molecule has 0 bridgehead atoms. The number of hydrogen-bond acceptors (Lipinski definition) is 5. The van der Waals surface area contributed by atoms with Crippen LogP contribution in [0.5, 0.6) is 0 Å². The topological polar surface area (TPSA) is 65.1 Å². The first kappa shape index (κ1) is 55.6. The van der Waals surface area contributed by atoms with Gasteiger partial charge in [0.2, 0.25) is 0 Å². The maximum absolute atomic E-state index is 14.9. The Morgan fingerprint density at radius 1 is 0.345 bits per heavy atom. The molecule has 0 aliphatic rings. The fraction of sp³-hybridized carbons (Fsp3) is 1.00. The molecule has 350 valence electrons. The number of sulfonamides is 1. The molecule has 0 fully saturated rings. The van der Waals surface area contributed by atoms with Crippen molar-refractivity contribution < 1.29 is 175 Å². The molecule has 0 radical (unpaired) electrons. The second-order valence-corrected chi connectivity index (χ2v) is 13.8. The molecule has 0 aromatic carbocycles. The number of nitrogens with zero attached hydrogens (tertiary/aromatic N) is 1. The summed E-state index contributed by atoms with van der Waals surface area (Å²) in [5.41, 5.74) is -10.1. The molecule has 43 heteroatoms. The molecule has 0 saturated heterocycles. The van der Waals surface area contributed by atoms with Crippen LogP contribution >= 0.6 is 0 Å². The van der Waals surface area contributed by atoms with Crippen LogP contribution < -0.4 is 0 Å². The van der Waals surface area contributed by atoms with Crippen LogP contribution in [-0.4, -0.2) is 111 Å². The van der Waals surface area contributed by atoms with Crippen molar-refractivity contribution in [2.24, 2.45) is 0 Å². The Labute approximate surface area is 289 Å². The van der Waals surface area contributed by atoms with Crippen molar-refractivity contribution in [1.29, 1.82) is 0 Å². The van der Waals surface area contributed by atoms with Gasteiger partial charge < -0.3 is 13.3 Å². The van der Waals surface area contributed by atoms with Gasteiger partial charge in [0.25, 0.3) is 0 Å².